The number of thiophene rings is 1. The van der Waals surface area contributed by atoms with Crippen molar-refractivity contribution < 1.29 is 8.42 Å². The molecule has 18 heavy (non-hydrogen) atoms. The highest BCUT2D eigenvalue weighted by Gasteiger charge is 2.38. The summed E-state index contributed by atoms with van der Waals surface area (Å²) >= 11 is 4.58. The molecule has 102 valence electrons. The van der Waals surface area contributed by atoms with E-state index in [1.54, 1.807) is 15.8 Å². The number of hydrogen-bond acceptors (Lipinski definition) is 3. The number of sulfonamides is 1. The Morgan fingerprint density at radius 1 is 1.44 bits per heavy atom. The van der Waals surface area contributed by atoms with Crippen LogP contribution in [0.4, 0.5) is 0 Å². The third-order valence-corrected chi connectivity index (χ3v) is 8.05. The first-order valence-electron chi connectivity index (χ1n) is 5.96. The van der Waals surface area contributed by atoms with Gasteiger partial charge in [0.1, 0.15) is 4.21 Å². The minimum atomic E-state index is -3.31. The number of hydrogen-bond donors (Lipinski definition) is 0. The normalized spacial score (nSPS) is 22.6. The van der Waals surface area contributed by atoms with Crippen molar-refractivity contribution in [1.82, 2.24) is 4.31 Å². The molecule has 0 N–H and O–H groups in total. The summed E-state index contributed by atoms with van der Waals surface area (Å²) in [5.41, 5.74) is 0.164. The molecule has 1 aliphatic heterocycles. The molecule has 1 aliphatic rings. The van der Waals surface area contributed by atoms with Gasteiger partial charge < -0.3 is 0 Å². The lowest BCUT2D eigenvalue weighted by Gasteiger charge is -2.26. The predicted molar refractivity (Wildman–Crippen MR) is 78.3 cm³/mol. The van der Waals surface area contributed by atoms with E-state index in [1.165, 1.54) is 11.3 Å². The van der Waals surface area contributed by atoms with Crippen LogP contribution in [-0.2, 0) is 10.0 Å². The summed E-state index contributed by atoms with van der Waals surface area (Å²) in [5, 5.41) is 1.80. The fraction of sp³-hybridized carbons (Fsp3) is 0.667. The minimum absolute atomic E-state index is 0.164. The Labute approximate surface area is 121 Å². The molecule has 1 fully saturated rings. The molecule has 0 radical (unpaired) electrons. The third kappa shape index (κ3) is 2.66. The highest BCUT2D eigenvalue weighted by atomic mass is 79.9. The summed E-state index contributed by atoms with van der Waals surface area (Å²) in [5.74, 6) is 0.436. The highest BCUT2D eigenvalue weighted by molar-refractivity contribution is 9.10. The monoisotopic (exact) mass is 351 g/mol. The lowest BCUT2D eigenvalue weighted by Crippen LogP contribution is -2.31. The lowest BCUT2D eigenvalue weighted by molar-refractivity contribution is 0.252. The van der Waals surface area contributed by atoms with Gasteiger partial charge in [0.05, 0.1) is 0 Å². The van der Waals surface area contributed by atoms with E-state index in [0.29, 0.717) is 27.7 Å². The van der Waals surface area contributed by atoms with E-state index in [2.05, 4.69) is 36.7 Å². The second kappa shape index (κ2) is 4.89. The van der Waals surface area contributed by atoms with Crippen LogP contribution in [0.15, 0.2) is 20.1 Å². The molecule has 0 spiro atoms. The highest BCUT2D eigenvalue weighted by Crippen LogP contribution is 2.38. The van der Waals surface area contributed by atoms with Gasteiger partial charge in [0, 0.05) is 17.6 Å². The van der Waals surface area contributed by atoms with Gasteiger partial charge in [-0.15, -0.1) is 11.3 Å². The van der Waals surface area contributed by atoms with Crippen LogP contribution < -0.4 is 0 Å². The molecule has 0 amide bonds. The van der Waals surface area contributed by atoms with Crippen molar-refractivity contribution in [1.29, 1.82) is 0 Å². The van der Waals surface area contributed by atoms with Crippen LogP contribution in [0.3, 0.4) is 0 Å². The smallest absolute Gasteiger partial charge is 0.206 e. The standard InChI is InChI=1S/C12H18BrNO2S2/c1-12(2,3)9-4-6-14(8-9)18(15,16)11-10(13)5-7-17-11/h5,7,9H,4,6,8H2,1-3H3. The molecule has 0 aliphatic carbocycles. The summed E-state index contributed by atoms with van der Waals surface area (Å²) in [6.07, 6.45) is 0.950. The molecule has 2 rings (SSSR count). The Morgan fingerprint density at radius 3 is 2.56 bits per heavy atom. The Morgan fingerprint density at radius 2 is 2.11 bits per heavy atom. The molecule has 6 heteroatoms. The molecule has 2 heterocycles. The fourth-order valence-corrected chi connectivity index (χ4v) is 6.18. The van der Waals surface area contributed by atoms with Gasteiger partial charge in [-0.25, -0.2) is 8.42 Å². The minimum Gasteiger partial charge on any atom is -0.206 e. The zero-order valence-electron chi connectivity index (χ0n) is 10.8. The van der Waals surface area contributed by atoms with Crippen molar-refractivity contribution in [3.63, 3.8) is 0 Å². The Hall–Kier alpha value is 0.0900. The van der Waals surface area contributed by atoms with Crippen LogP contribution in [-0.4, -0.2) is 25.8 Å². The van der Waals surface area contributed by atoms with Gasteiger partial charge in [-0.1, -0.05) is 20.8 Å². The average molecular weight is 352 g/mol. The quantitative estimate of drug-likeness (QED) is 0.816. The van der Waals surface area contributed by atoms with Crippen LogP contribution >= 0.6 is 27.3 Å². The molecule has 1 unspecified atom stereocenters. The number of halogens is 1. The Kier molecular flexibility index (Phi) is 3.94. The second-order valence-electron chi connectivity index (χ2n) is 5.77. The second-order valence-corrected chi connectivity index (χ2v) is 9.67. The zero-order valence-corrected chi connectivity index (χ0v) is 14.0. The van der Waals surface area contributed by atoms with Crippen LogP contribution in [0, 0.1) is 11.3 Å². The Balaban J connectivity index is 2.22. The van der Waals surface area contributed by atoms with Crippen LogP contribution in [0.2, 0.25) is 0 Å². The van der Waals surface area contributed by atoms with E-state index in [-0.39, 0.29) is 5.41 Å². The van der Waals surface area contributed by atoms with Gasteiger partial charge in [0.2, 0.25) is 0 Å². The van der Waals surface area contributed by atoms with Crippen molar-refractivity contribution >= 4 is 37.3 Å². The first kappa shape index (κ1) is 14.5. The maximum absolute atomic E-state index is 12.5. The van der Waals surface area contributed by atoms with Crippen molar-refractivity contribution in [3.8, 4) is 0 Å². The predicted octanol–water partition coefficient (Wildman–Crippen LogP) is 3.57. The summed E-state index contributed by atoms with van der Waals surface area (Å²) in [6.45, 7) is 7.79. The van der Waals surface area contributed by atoms with E-state index in [1.807, 2.05) is 0 Å². The van der Waals surface area contributed by atoms with Crippen LogP contribution in [0.5, 0.6) is 0 Å². The van der Waals surface area contributed by atoms with Crippen molar-refractivity contribution in [2.75, 3.05) is 13.1 Å². The van der Waals surface area contributed by atoms with Gasteiger partial charge in [-0.05, 0) is 45.1 Å². The van der Waals surface area contributed by atoms with Crippen molar-refractivity contribution in [2.45, 2.75) is 31.4 Å². The maximum Gasteiger partial charge on any atom is 0.253 e. The van der Waals surface area contributed by atoms with Gasteiger partial charge in [-0.2, -0.15) is 4.31 Å². The summed E-state index contributed by atoms with van der Waals surface area (Å²) < 4.78 is 27.7. The molecule has 0 saturated carbocycles. The summed E-state index contributed by atoms with van der Waals surface area (Å²) in [7, 11) is -3.31. The van der Waals surface area contributed by atoms with E-state index in [0.717, 1.165) is 6.42 Å². The molecule has 1 aromatic heterocycles. The van der Waals surface area contributed by atoms with Gasteiger partial charge in [-0.3, -0.25) is 0 Å². The van der Waals surface area contributed by atoms with E-state index in [4.69, 9.17) is 0 Å². The SMILES string of the molecule is CC(C)(C)C1CCN(S(=O)(=O)c2sccc2Br)C1. The molecule has 0 bridgehead atoms. The number of nitrogens with zero attached hydrogens (tertiary/aromatic N) is 1. The Bertz CT molecular complexity index is 531. The first-order valence-corrected chi connectivity index (χ1v) is 9.07. The fourth-order valence-electron chi connectivity index (χ4n) is 2.23. The van der Waals surface area contributed by atoms with Crippen molar-refractivity contribution in [2.24, 2.45) is 11.3 Å². The van der Waals surface area contributed by atoms with Gasteiger partial charge >= 0.3 is 0 Å². The lowest BCUT2D eigenvalue weighted by atomic mass is 9.80. The average Bonchev–Trinajstić information content (AvgIpc) is 2.83. The van der Waals surface area contributed by atoms with Gasteiger partial charge in [0.15, 0.2) is 0 Å². The van der Waals surface area contributed by atoms with E-state index in [9.17, 15) is 8.42 Å². The largest absolute Gasteiger partial charge is 0.253 e. The van der Waals surface area contributed by atoms with Crippen LogP contribution in [0.1, 0.15) is 27.2 Å². The molecule has 3 nitrogen and oxygen atoms in total. The van der Waals surface area contributed by atoms with E-state index < -0.39 is 10.0 Å². The van der Waals surface area contributed by atoms with Crippen molar-refractivity contribution in [3.05, 3.63) is 15.9 Å². The third-order valence-electron chi connectivity index (χ3n) is 3.53. The molecule has 1 aromatic rings. The van der Waals surface area contributed by atoms with Gasteiger partial charge in [0.25, 0.3) is 10.0 Å². The summed E-state index contributed by atoms with van der Waals surface area (Å²) in [4.78, 5) is 0. The first-order chi connectivity index (χ1) is 8.23. The molecule has 0 aromatic carbocycles. The summed E-state index contributed by atoms with van der Waals surface area (Å²) in [6, 6.07) is 1.79. The number of rotatable bonds is 2. The molecule has 1 saturated heterocycles. The molecule has 1 atom stereocenters. The zero-order chi connectivity index (χ0) is 13.6. The topological polar surface area (TPSA) is 37.4 Å². The van der Waals surface area contributed by atoms with Crippen LogP contribution in [0.25, 0.3) is 0 Å². The maximum atomic E-state index is 12.5. The molecular weight excluding hydrogens is 334 g/mol. The molecular formula is C12H18BrNO2S2. The van der Waals surface area contributed by atoms with E-state index >= 15 is 0 Å².